The Balaban J connectivity index is 1.62. The van der Waals surface area contributed by atoms with Crippen LogP contribution < -0.4 is 10.2 Å². The first-order valence-corrected chi connectivity index (χ1v) is 10.1. The predicted octanol–water partition coefficient (Wildman–Crippen LogP) is 3.82. The molecule has 5 nitrogen and oxygen atoms in total. The fourth-order valence-electron chi connectivity index (χ4n) is 2.94. The fourth-order valence-corrected chi connectivity index (χ4v) is 3.80. The van der Waals surface area contributed by atoms with Crippen molar-refractivity contribution in [1.82, 2.24) is 15.3 Å². The summed E-state index contributed by atoms with van der Waals surface area (Å²) < 4.78 is 0. The molecule has 0 bridgehead atoms. The quantitative estimate of drug-likeness (QED) is 0.619. The number of carbonyl (C=O) groups excluding carboxylic acids is 1. The molecule has 0 radical (unpaired) electrons. The maximum absolute atomic E-state index is 12.0. The van der Waals surface area contributed by atoms with Crippen LogP contribution in [0, 0.1) is 6.92 Å². The van der Waals surface area contributed by atoms with Crippen molar-refractivity contribution in [3.8, 4) is 0 Å². The van der Waals surface area contributed by atoms with E-state index < -0.39 is 0 Å². The minimum atomic E-state index is -0.0310. The van der Waals surface area contributed by atoms with Gasteiger partial charge in [-0.3, -0.25) is 4.79 Å². The number of hydrogen-bond acceptors (Lipinski definition) is 5. The summed E-state index contributed by atoms with van der Waals surface area (Å²) in [7, 11) is 0. The molecule has 0 atom stereocenters. The molecule has 0 saturated carbocycles. The first-order valence-electron chi connectivity index (χ1n) is 9.14. The first kappa shape index (κ1) is 18.7. The molecule has 138 valence electrons. The van der Waals surface area contributed by atoms with Crippen LogP contribution in [-0.2, 0) is 5.75 Å². The van der Waals surface area contributed by atoms with Gasteiger partial charge in [-0.1, -0.05) is 23.9 Å². The smallest absolute Gasteiger partial charge is 0.251 e. The van der Waals surface area contributed by atoms with Crippen molar-refractivity contribution in [2.75, 3.05) is 18.0 Å². The lowest BCUT2D eigenvalue weighted by Crippen LogP contribution is -2.29. The molecule has 1 aromatic heterocycles. The maximum atomic E-state index is 12.0. The number of carbonyl (C=O) groups is 1. The van der Waals surface area contributed by atoms with Crippen LogP contribution in [0.1, 0.15) is 48.3 Å². The van der Waals surface area contributed by atoms with Crippen molar-refractivity contribution in [1.29, 1.82) is 0 Å². The summed E-state index contributed by atoms with van der Waals surface area (Å²) in [5, 5.41) is 3.72. The standard InChI is InChI=1S/C20H26N4OS/c1-14(2)21-19(25)17-8-6-16(7-9-17)13-26-20-22-15(3)12-18(23-20)24-10-4-5-11-24/h6-9,12,14H,4-5,10-11,13H2,1-3H3,(H,21,25). The van der Waals surface area contributed by atoms with Gasteiger partial charge in [-0.25, -0.2) is 9.97 Å². The molecule has 6 heteroatoms. The molecule has 0 unspecified atom stereocenters. The van der Waals surface area contributed by atoms with E-state index in [0.717, 1.165) is 41.1 Å². The molecule has 1 saturated heterocycles. The molecular formula is C20H26N4OS. The molecule has 2 heterocycles. The van der Waals surface area contributed by atoms with Gasteiger partial charge in [0.2, 0.25) is 0 Å². The minimum Gasteiger partial charge on any atom is -0.356 e. The van der Waals surface area contributed by atoms with Crippen LogP contribution in [0.25, 0.3) is 0 Å². The van der Waals surface area contributed by atoms with Crippen molar-refractivity contribution in [2.45, 2.75) is 50.6 Å². The number of amides is 1. The largest absolute Gasteiger partial charge is 0.356 e. The van der Waals surface area contributed by atoms with Gasteiger partial charge in [0.05, 0.1) is 0 Å². The number of benzene rings is 1. The van der Waals surface area contributed by atoms with E-state index in [4.69, 9.17) is 4.98 Å². The molecule has 1 amide bonds. The Labute approximate surface area is 159 Å². The Morgan fingerprint density at radius 2 is 1.88 bits per heavy atom. The van der Waals surface area contributed by atoms with E-state index in [1.54, 1.807) is 11.8 Å². The van der Waals surface area contributed by atoms with E-state index in [9.17, 15) is 4.79 Å². The van der Waals surface area contributed by atoms with Gasteiger partial charge in [0.25, 0.3) is 5.91 Å². The molecule has 26 heavy (non-hydrogen) atoms. The second kappa shape index (κ2) is 8.54. The van der Waals surface area contributed by atoms with Crippen LogP contribution in [0.3, 0.4) is 0 Å². The Bertz CT molecular complexity index is 755. The number of aryl methyl sites for hydroxylation is 1. The van der Waals surface area contributed by atoms with E-state index >= 15 is 0 Å². The molecular weight excluding hydrogens is 344 g/mol. The van der Waals surface area contributed by atoms with Crippen molar-refractivity contribution in [2.24, 2.45) is 0 Å². The summed E-state index contributed by atoms with van der Waals surface area (Å²) in [6.45, 7) is 8.11. The number of rotatable bonds is 6. The van der Waals surface area contributed by atoms with Gasteiger partial charge in [0, 0.05) is 42.2 Å². The van der Waals surface area contributed by atoms with Gasteiger partial charge in [0.15, 0.2) is 5.16 Å². The molecule has 1 N–H and O–H groups in total. The summed E-state index contributed by atoms with van der Waals surface area (Å²) >= 11 is 1.64. The second-order valence-corrected chi connectivity index (χ2v) is 7.90. The lowest BCUT2D eigenvalue weighted by atomic mass is 10.1. The van der Waals surface area contributed by atoms with Crippen LogP contribution in [0.2, 0.25) is 0 Å². The molecule has 1 aliphatic heterocycles. The number of hydrogen-bond donors (Lipinski definition) is 1. The molecule has 0 aliphatic carbocycles. The zero-order valence-electron chi connectivity index (χ0n) is 15.7. The van der Waals surface area contributed by atoms with Crippen LogP contribution in [0.15, 0.2) is 35.5 Å². The van der Waals surface area contributed by atoms with Crippen LogP contribution in [0.5, 0.6) is 0 Å². The van der Waals surface area contributed by atoms with Gasteiger partial charge in [-0.2, -0.15) is 0 Å². The average molecular weight is 371 g/mol. The zero-order chi connectivity index (χ0) is 18.5. The van der Waals surface area contributed by atoms with Crippen molar-refractivity contribution >= 4 is 23.5 Å². The molecule has 0 spiro atoms. The third kappa shape index (κ3) is 4.97. The molecule has 1 aromatic carbocycles. The number of anilines is 1. The normalized spacial score (nSPS) is 14.1. The molecule has 1 fully saturated rings. The van der Waals surface area contributed by atoms with Crippen molar-refractivity contribution < 1.29 is 4.79 Å². The molecule has 3 rings (SSSR count). The highest BCUT2D eigenvalue weighted by Crippen LogP contribution is 2.24. The van der Waals surface area contributed by atoms with E-state index in [1.807, 2.05) is 45.0 Å². The average Bonchev–Trinajstić information content (AvgIpc) is 3.14. The summed E-state index contributed by atoms with van der Waals surface area (Å²) in [6.07, 6.45) is 2.48. The molecule has 1 aliphatic rings. The lowest BCUT2D eigenvalue weighted by Gasteiger charge is -2.17. The zero-order valence-corrected chi connectivity index (χ0v) is 16.5. The van der Waals surface area contributed by atoms with Gasteiger partial charge < -0.3 is 10.2 Å². The van der Waals surface area contributed by atoms with Gasteiger partial charge in [-0.15, -0.1) is 0 Å². The van der Waals surface area contributed by atoms with E-state index in [-0.39, 0.29) is 11.9 Å². The number of nitrogens with one attached hydrogen (secondary N) is 1. The third-order valence-electron chi connectivity index (χ3n) is 4.25. The monoisotopic (exact) mass is 370 g/mol. The van der Waals surface area contributed by atoms with Gasteiger partial charge in [-0.05, 0) is 51.3 Å². The number of thioether (sulfide) groups is 1. The summed E-state index contributed by atoms with van der Waals surface area (Å²) in [5.74, 6) is 1.80. The summed E-state index contributed by atoms with van der Waals surface area (Å²) in [6, 6.07) is 9.96. The van der Waals surface area contributed by atoms with E-state index in [2.05, 4.69) is 21.3 Å². The van der Waals surface area contributed by atoms with E-state index in [0.29, 0.717) is 5.56 Å². The van der Waals surface area contributed by atoms with Gasteiger partial charge >= 0.3 is 0 Å². The topological polar surface area (TPSA) is 58.1 Å². The first-order chi connectivity index (χ1) is 12.5. The lowest BCUT2D eigenvalue weighted by molar-refractivity contribution is 0.0943. The Morgan fingerprint density at radius 3 is 2.54 bits per heavy atom. The SMILES string of the molecule is Cc1cc(N2CCCC2)nc(SCc2ccc(C(=O)NC(C)C)cc2)n1. The minimum absolute atomic E-state index is 0.0310. The van der Waals surface area contributed by atoms with Crippen LogP contribution >= 0.6 is 11.8 Å². The Kier molecular flexibility index (Phi) is 6.14. The van der Waals surface area contributed by atoms with Crippen LogP contribution in [0.4, 0.5) is 5.82 Å². The Morgan fingerprint density at radius 1 is 1.19 bits per heavy atom. The third-order valence-corrected chi connectivity index (χ3v) is 5.17. The molecule has 2 aromatic rings. The van der Waals surface area contributed by atoms with Crippen LogP contribution in [-0.4, -0.2) is 35.0 Å². The summed E-state index contributed by atoms with van der Waals surface area (Å²) in [5.41, 5.74) is 2.85. The maximum Gasteiger partial charge on any atom is 0.251 e. The highest BCUT2D eigenvalue weighted by Gasteiger charge is 2.15. The Hall–Kier alpha value is -2.08. The van der Waals surface area contributed by atoms with Crippen molar-refractivity contribution in [3.63, 3.8) is 0 Å². The second-order valence-electron chi connectivity index (χ2n) is 6.96. The van der Waals surface area contributed by atoms with Gasteiger partial charge in [0.1, 0.15) is 5.82 Å². The number of aromatic nitrogens is 2. The fraction of sp³-hybridized carbons (Fsp3) is 0.450. The highest BCUT2D eigenvalue weighted by molar-refractivity contribution is 7.98. The van der Waals surface area contributed by atoms with Crippen molar-refractivity contribution in [3.05, 3.63) is 47.2 Å². The highest BCUT2D eigenvalue weighted by atomic mass is 32.2. The predicted molar refractivity (Wildman–Crippen MR) is 107 cm³/mol. The van der Waals surface area contributed by atoms with E-state index in [1.165, 1.54) is 12.8 Å². The summed E-state index contributed by atoms with van der Waals surface area (Å²) in [4.78, 5) is 23.6. The number of nitrogens with zero attached hydrogens (tertiary/aromatic N) is 3.